The van der Waals surface area contributed by atoms with Gasteiger partial charge in [-0.2, -0.15) is 5.10 Å². The van der Waals surface area contributed by atoms with Crippen LogP contribution in [0, 0.1) is 0 Å². The van der Waals surface area contributed by atoms with Crippen molar-refractivity contribution in [1.82, 2.24) is 9.78 Å². The van der Waals surface area contributed by atoms with E-state index < -0.39 is 0 Å². The molecule has 30 heavy (non-hydrogen) atoms. The molecule has 0 amide bonds. The van der Waals surface area contributed by atoms with Crippen LogP contribution in [0.3, 0.4) is 0 Å². The van der Waals surface area contributed by atoms with E-state index in [4.69, 9.17) is 9.47 Å². The van der Waals surface area contributed by atoms with Gasteiger partial charge >= 0.3 is 0 Å². The second-order valence-electron chi connectivity index (χ2n) is 6.47. The third-order valence-corrected chi connectivity index (χ3v) is 4.44. The van der Waals surface area contributed by atoms with Crippen molar-refractivity contribution in [1.29, 1.82) is 0 Å². The van der Waals surface area contributed by atoms with E-state index in [1.807, 2.05) is 30.4 Å². The van der Waals surface area contributed by atoms with Gasteiger partial charge in [-0.25, -0.2) is 0 Å². The lowest BCUT2D eigenvalue weighted by molar-refractivity contribution is 0.269. The third kappa shape index (κ3) is 5.01. The van der Waals surface area contributed by atoms with Crippen LogP contribution >= 0.6 is 0 Å². The van der Waals surface area contributed by atoms with Crippen LogP contribution in [-0.2, 0) is 6.54 Å². The van der Waals surface area contributed by atoms with Crippen molar-refractivity contribution in [3.8, 4) is 23.0 Å². The Labute approximate surface area is 174 Å². The van der Waals surface area contributed by atoms with Crippen molar-refractivity contribution >= 4 is 24.3 Å². The maximum absolute atomic E-state index is 9.72. The molecule has 7 heteroatoms. The fourth-order valence-corrected chi connectivity index (χ4v) is 2.90. The molecule has 0 spiro atoms. The minimum atomic E-state index is -0.0339. The van der Waals surface area contributed by atoms with Gasteiger partial charge < -0.3 is 24.8 Å². The maximum atomic E-state index is 9.72. The molecule has 1 aromatic heterocycles. The van der Waals surface area contributed by atoms with E-state index in [0.29, 0.717) is 18.0 Å². The normalized spacial score (nSPS) is 11.4. The van der Waals surface area contributed by atoms with Crippen LogP contribution in [0.1, 0.15) is 22.5 Å². The summed E-state index contributed by atoms with van der Waals surface area (Å²) < 4.78 is 12.0. The van der Waals surface area contributed by atoms with Crippen LogP contribution in [0.15, 0.2) is 42.5 Å². The number of aliphatic hydroxyl groups excluding tert-OH is 1. The van der Waals surface area contributed by atoms with Crippen molar-refractivity contribution in [2.24, 2.45) is 0 Å². The summed E-state index contributed by atoms with van der Waals surface area (Å²) in [5, 5.41) is 33.3. The van der Waals surface area contributed by atoms with Gasteiger partial charge in [-0.3, -0.25) is 4.68 Å². The van der Waals surface area contributed by atoms with Crippen LogP contribution < -0.4 is 9.47 Å². The number of hydrogen-bond donors (Lipinski definition) is 3. The first kappa shape index (κ1) is 21.0. The smallest absolute Gasteiger partial charge is 0.161 e. The minimum absolute atomic E-state index is 0.0339. The number of nitrogens with zero attached hydrogens (tertiary/aromatic N) is 2. The fraction of sp³-hybridized carbons (Fsp3) is 0.174. The summed E-state index contributed by atoms with van der Waals surface area (Å²) >= 11 is 0. The predicted molar refractivity (Wildman–Crippen MR) is 116 cm³/mol. The molecule has 0 radical (unpaired) electrons. The molecule has 156 valence electrons. The first-order valence-corrected chi connectivity index (χ1v) is 9.33. The summed E-state index contributed by atoms with van der Waals surface area (Å²) in [6, 6.07) is 12.1. The van der Waals surface area contributed by atoms with E-state index >= 15 is 0 Å². The molecule has 0 aliphatic heterocycles. The highest BCUT2D eigenvalue weighted by molar-refractivity contribution is 5.73. The predicted octanol–water partition coefficient (Wildman–Crippen LogP) is 3.64. The number of methoxy groups -OCH3 is 2. The lowest BCUT2D eigenvalue weighted by Crippen LogP contribution is -2.05. The average Bonchev–Trinajstić information content (AvgIpc) is 3.14. The van der Waals surface area contributed by atoms with Crippen molar-refractivity contribution in [2.75, 3.05) is 20.8 Å². The number of aromatic hydroxyl groups is 2. The molecule has 0 aliphatic carbocycles. The van der Waals surface area contributed by atoms with Gasteiger partial charge in [-0.05, 0) is 53.6 Å². The summed E-state index contributed by atoms with van der Waals surface area (Å²) in [5.41, 5.74) is 3.25. The molecule has 7 nitrogen and oxygen atoms in total. The fourth-order valence-electron chi connectivity index (χ4n) is 2.90. The topological polar surface area (TPSA) is 97.0 Å². The molecule has 2 aromatic carbocycles. The van der Waals surface area contributed by atoms with Gasteiger partial charge in [-0.1, -0.05) is 24.3 Å². The second kappa shape index (κ2) is 9.67. The lowest BCUT2D eigenvalue weighted by atomic mass is 10.1. The zero-order valence-electron chi connectivity index (χ0n) is 16.8. The van der Waals surface area contributed by atoms with E-state index in [2.05, 4.69) is 5.10 Å². The van der Waals surface area contributed by atoms with Crippen molar-refractivity contribution in [2.45, 2.75) is 6.54 Å². The largest absolute Gasteiger partial charge is 0.504 e. The number of rotatable bonds is 8. The van der Waals surface area contributed by atoms with E-state index in [-0.39, 0.29) is 18.1 Å². The third-order valence-electron chi connectivity index (χ3n) is 4.44. The summed E-state index contributed by atoms with van der Waals surface area (Å²) in [7, 11) is 3.00. The first-order chi connectivity index (χ1) is 14.5. The molecule has 3 aromatic rings. The Morgan fingerprint density at radius 2 is 1.40 bits per heavy atom. The molecule has 0 saturated carbocycles. The highest BCUT2D eigenvalue weighted by Crippen LogP contribution is 2.28. The van der Waals surface area contributed by atoms with Crippen LogP contribution in [0.5, 0.6) is 23.0 Å². The zero-order valence-corrected chi connectivity index (χ0v) is 16.8. The number of benzene rings is 2. The molecule has 0 aliphatic rings. The highest BCUT2D eigenvalue weighted by Gasteiger charge is 2.05. The first-order valence-electron chi connectivity index (χ1n) is 9.33. The van der Waals surface area contributed by atoms with Crippen LogP contribution in [0.2, 0.25) is 0 Å². The molecule has 0 fully saturated rings. The number of phenolic OH excluding ortho intramolecular Hbond substituents is 2. The summed E-state index contributed by atoms with van der Waals surface area (Å²) in [5.74, 6) is 0.961. The monoisotopic (exact) mass is 408 g/mol. The van der Waals surface area contributed by atoms with Gasteiger partial charge in [0.1, 0.15) is 0 Å². The summed E-state index contributed by atoms with van der Waals surface area (Å²) in [6.45, 7) is 0.327. The van der Waals surface area contributed by atoms with Crippen molar-refractivity contribution < 1.29 is 24.8 Å². The zero-order chi connectivity index (χ0) is 21.5. The highest BCUT2D eigenvalue weighted by atomic mass is 16.5. The molecule has 0 unspecified atom stereocenters. The Morgan fingerprint density at radius 3 is 1.93 bits per heavy atom. The number of aromatic nitrogens is 2. The maximum Gasteiger partial charge on any atom is 0.161 e. The van der Waals surface area contributed by atoms with Gasteiger partial charge in [0.15, 0.2) is 23.0 Å². The summed E-state index contributed by atoms with van der Waals surface area (Å²) in [4.78, 5) is 0. The van der Waals surface area contributed by atoms with E-state index in [0.717, 1.165) is 22.5 Å². The van der Waals surface area contributed by atoms with Crippen LogP contribution in [-0.4, -0.2) is 45.9 Å². The van der Waals surface area contributed by atoms with Gasteiger partial charge in [0.2, 0.25) is 0 Å². The van der Waals surface area contributed by atoms with Gasteiger partial charge in [0, 0.05) is 0 Å². The van der Waals surface area contributed by atoms with Gasteiger partial charge in [-0.15, -0.1) is 0 Å². The Balaban J connectivity index is 1.84. The van der Waals surface area contributed by atoms with Gasteiger partial charge in [0.25, 0.3) is 0 Å². The molecular weight excluding hydrogens is 384 g/mol. The minimum Gasteiger partial charge on any atom is -0.504 e. The quantitative estimate of drug-likeness (QED) is 0.527. The van der Waals surface area contributed by atoms with E-state index in [1.165, 1.54) is 14.2 Å². The number of phenols is 2. The Hall–Kier alpha value is -3.71. The molecule has 1 heterocycles. The number of hydrogen-bond acceptors (Lipinski definition) is 6. The molecule has 3 rings (SSSR count). The van der Waals surface area contributed by atoms with Crippen LogP contribution in [0.25, 0.3) is 24.3 Å². The lowest BCUT2D eigenvalue weighted by Gasteiger charge is -2.04. The van der Waals surface area contributed by atoms with Gasteiger partial charge in [0.05, 0.1) is 38.8 Å². The number of aliphatic hydroxyl groups is 1. The van der Waals surface area contributed by atoms with E-state index in [1.54, 1.807) is 41.1 Å². The van der Waals surface area contributed by atoms with Crippen LogP contribution in [0.4, 0.5) is 0 Å². The summed E-state index contributed by atoms with van der Waals surface area (Å²) in [6.07, 6.45) is 7.48. The number of ether oxygens (including phenoxy) is 2. The average molecular weight is 408 g/mol. The molecule has 0 bridgehead atoms. The Morgan fingerprint density at radius 1 is 0.833 bits per heavy atom. The Bertz CT molecular complexity index is 1070. The molecule has 0 atom stereocenters. The Kier molecular flexibility index (Phi) is 6.77. The van der Waals surface area contributed by atoms with Crippen molar-refractivity contribution in [3.63, 3.8) is 0 Å². The standard InChI is InChI=1S/C23H24N2O5/c1-29-22-13-16(5-9-20(22)27)3-7-18-15-19(25(24-18)11-12-26)8-4-17-6-10-21(28)23(14-17)30-2/h3-10,13-15,26-28H,11-12H2,1-2H3/b7-3+,8-4+. The molecule has 0 saturated heterocycles. The van der Waals surface area contributed by atoms with Crippen molar-refractivity contribution in [3.05, 3.63) is 65.0 Å². The molecule has 3 N–H and O–H groups in total. The molecular formula is C23H24N2O5. The SMILES string of the molecule is COc1cc(/C=C/c2cc(/C=C/c3ccc(O)c(OC)c3)n(CCO)n2)ccc1O. The second-order valence-corrected chi connectivity index (χ2v) is 6.47. The van der Waals surface area contributed by atoms with E-state index in [9.17, 15) is 15.3 Å².